The number of rotatable bonds is 7. The first-order valence-corrected chi connectivity index (χ1v) is 7.15. The summed E-state index contributed by atoms with van der Waals surface area (Å²) in [5.74, 6) is -0.249. The highest BCUT2D eigenvalue weighted by molar-refractivity contribution is 7.85. The number of carboxylic acid groups (broad SMARTS) is 1. The van der Waals surface area contributed by atoms with Crippen LogP contribution >= 0.6 is 11.6 Å². The standard InChI is InChI=1S/C12H15ClO3S/c13-10-6-3-4-7-11(10)17(16)9-5-1-2-8-12(14)15/h3-4,6-7H,1-2,5,8-9H2,(H,14,15). The molecule has 0 bridgehead atoms. The first-order chi connectivity index (χ1) is 8.11. The maximum atomic E-state index is 11.9. The van der Waals surface area contributed by atoms with Crippen LogP contribution in [-0.2, 0) is 15.6 Å². The third kappa shape index (κ3) is 5.33. The minimum absolute atomic E-state index is 0.179. The zero-order valence-electron chi connectivity index (χ0n) is 9.39. The van der Waals surface area contributed by atoms with Crippen molar-refractivity contribution < 1.29 is 14.1 Å². The Balaban J connectivity index is 2.31. The van der Waals surface area contributed by atoms with Crippen molar-refractivity contribution in [3.05, 3.63) is 29.3 Å². The lowest BCUT2D eigenvalue weighted by Gasteiger charge is -2.03. The van der Waals surface area contributed by atoms with E-state index in [1.807, 2.05) is 6.07 Å². The van der Waals surface area contributed by atoms with Crippen molar-refractivity contribution in [3.8, 4) is 0 Å². The number of carboxylic acids is 1. The van der Waals surface area contributed by atoms with Crippen LogP contribution in [0.15, 0.2) is 29.2 Å². The zero-order chi connectivity index (χ0) is 12.7. The molecule has 0 aromatic heterocycles. The molecular formula is C12H15ClO3S. The average Bonchev–Trinajstić information content (AvgIpc) is 2.28. The Bertz CT molecular complexity index is 406. The quantitative estimate of drug-likeness (QED) is 0.778. The Morgan fingerprint density at radius 2 is 1.94 bits per heavy atom. The van der Waals surface area contributed by atoms with Crippen molar-refractivity contribution in [1.82, 2.24) is 0 Å². The smallest absolute Gasteiger partial charge is 0.303 e. The molecule has 1 N–H and O–H groups in total. The molecule has 5 heteroatoms. The molecule has 1 aromatic rings. The molecule has 0 saturated carbocycles. The van der Waals surface area contributed by atoms with Gasteiger partial charge in [0.1, 0.15) is 0 Å². The van der Waals surface area contributed by atoms with Crippen LogP contribution in [0.2, 0.25) is 5.02 Å². The predicted molar refractivity (Wildman–Crippen MR) is 68.8 cm³/mol. The van der Waals surface area contributed by atoms with E-state index in [1.165, 1.54) is 0 Å². The summed E-state index contributed by atoms with van der Waals surface area (Å²) in [5, 5.41) is 8.98. The van der Waals surface area contributed by atoms with E-state index in [0.29, 0.717) is 22.1 Å². The Labute approximate surface area is 108 Å². The van der Waals surface area contributed by atoms with Gasteiger partial charge in [0.05, 0.1) is 20.7 Å². The van der Waals surface area contributed by atoms with E-state index >= 15 is 0 Å². The lowest BCUT2D eigenvalue weighted by Crippen LogP contribution is -2.00. The molecule has 94 valence electrons. The summed E-state index contributed by atoms with van der Waals surface area (Å²) >= 11 is 5.93. The summed E-state index contributed by atoms with van der Waals surface area (Å²) in [6.45, 7) is 0. The van der Waals surface area contributed by atoms with E-state index in [0.717, 1.165) is 12.8 Å². The van der Waals surface area contributed by atoms with Crippen LogP contribution in [0.4, 0.5) is 0 Å². The Hall–Kier alpha value is -0.870. The van der Waals surface area contributed by atoms with Gasteiger partial charge >= 0.3 is 5.97 Å². The number of hydrogen-bond donors (Lipinski definition) is 1. The van der Waals surface area contributed by atoms with E-state index in [-0.39, 0.29) is 6.42 Å². The van der Waals surface area contributed by atoms with Crippen molar-refractivity contribution in [1.29, 1.82) is 0 Å². The van der Waals surface area contributed by atoms with E-state index in [9.17, 15) is 9.00 Å². The van der Waals surface area contributed by atoms with Gasteiger partial charge in [0.2, 0.25) is 0 Å². The van der Waals surface area contributed by atoms with Crippen LogP contribution < -0.4 is 0 Å². The number of benzene rings is 1. The van der Waals surface area contributed by atoms with Crippen LogP contribution in [0.5, 0.6) is 0 Å². The Morgan fingerprint density at radius 3 is 2.59 bits per heavy atom. The average molecular weight is 275 g/mol. The van der Waals surface area contributed by atoms with Crippen molar-refractivity contribution in [2.24, 2.45) is 0 Å². The molecule has 0 amide bonds. The molecule has 0 aliphatic carbocycles. The van der Waals surface area contributed by atoms with Gasteiger partial charge in [0, 0.05) is 12.2 Å². The third-order valence-corrected chi connectivity index (χ3v) is 4.25. The third-order valence-electron chi connectivity index (χ3n) is 2.30. The van der Waals surface area contributed by atoms with Crippen molar-refractivity contribution in [3.63, 3.8) is 0 Å². The second-order valence-electron chi connectivity index (χ2n) is 3.68. The molecule has 0 fully saturated rings. The minimum atomic E-state index is -1.09. The summed E-state index contributed by atoms with van der Waals surface area (Å²) in [4.78, 5) is 10.9. The molecule has 17 heavy (non-hydrogen) atoms. The first kappa shape index (κ1) is 14.2. The number of aliphatic carboxylic acids is 1. The lowest BCUT2D eigenvalue weighted by atomic mass is 10.2. The van der Waals surface area contributed by atoms with Crippen LogP contribution in [0, 0.1) is 0 Å². The summed E-state index contributed by atoms with van der Waals surface area (Å²) in [7, 11) is -1.09. The molecule has 0 heterocycles. The molecule has 0 saturated heterocycles. The van der Waals surface area contributed by atoms with Crippen molar-refractivity contribution in [2.75, 3.05) is 5.75 Å². The van der Waals surface area contributed by atoms with E-state index in [4.69, 9.17) is 16.7 Å². The highest BCUT2D eigenvalue weighted by Crippen LogP contribution is 2.19. The van der Waals surface area contributed by atoms with Gasteiger partial charge in [0.15, 0.2) is 0 Å². The maximum Gasteiger partial charge on any atom is 0.303 e. The summed E-state index contributed by atoms with van der Waals surface area (Å²) < 4.78 is 11.9. The van der Waals surface area contributed by atoms with Gasteiger partial charge in [-0.2, -0.15) is 0 Å². The van der Waals surface area contributed by atoms with Gasteiger partial charge in [-0.25, -0.2) is 0 Å². The van der Waals surface area contributed by atoms with Crippen LogP contribution in [-0.4, -0.2) is 21.0 Å². The fraction of sp³-hybridized carbons (Fsp3) is 0.417. The van der Waals surface area contributed by atoms with Gasteiger partial charge in [-0.05, 0) is 25.0 Å². The molecule has 1 rings (SSSR count). The molecule has 0 spiro atoms. The molecule has 0 radical (unpaired) electrons. The topological polar surface area (TPSA) is 54.4 Å². The van der Waals surface area contributed by atoms with Crippen molar-refractivity contribution in [2.45, 2.75) is 30.6 Å². The minimum Gasteiger partial charge on any atom is -0.481 e. The van der Waals surface area contributed by atoms with Gasteiger partial charge in [-0.1, -0.05) is 30.2 Å². The van der Waals surface area contributed by atoms with Crippen LogP contribution in [0.1, 0.15) is 25.7 Å². The molecule has 3 nitrogen and oxygen atoms in total. The van der Waals surface area contributed by atoms with Gasteiger partial charge in [-0.15, -0.1) is 0 Å². The van der Waals surface area contributed by atoms with Gasteiger partial charge in [0.25, 0.3) is 0 Å². The lowest BCUT2D eigenvalue weighted by molar-refractivity contribution is -0.137. The Kier molecular flexibility index (Phi) is 6.22. The second kappa shape index (κ2) is 7.45. The molecule has 1 unspecified atom stereocenters. The van der Waals surface area contributed by atoms with Crippen LogP contribution in [0.25, 0.3) is 0 Å². The van der Waals surface area contributed by atoms with E-state index in [2.05, 4.69) is 0 Å². The SMILES string of the molecule is O=C(O)CCCCCS(=O)c1ccccc1Cl. The highest BCUT2D eigenvalue weighted by atomic mass is 35.5. The van der Waals surface area contributed by atoms with E-state index < -0.39 is 16.8 Å². The molecule has 0 aliphatic heterocycles. The zero-order valence-corrected chi connectivity index (χ0v) is 11.0. The predicted octanol–water partition coefficient (Wildman–Crippen LogP) is 3.09. The fourth-order valence-electron chi connectivity index (χ4n) is 1.43. The molecule has 1 atom stereocenters. The van der Waals surface area contributed by atoms with E-state index in [1.54, 1.807) is 18.2 Å². The molecule has 1 aromatic carbocycles. The summed E-state index contributed by atoms with van der Waals surface area (Å²) in [6.07, 6.45) is 2.35. The molecule has 0 aliphatic rings. The first-order valence-electron chi connectivity index (χ1n) is 5.46. The second-order valence-corrected chi connectivity index (χ2v) is 5.63. The Morgan fingerprint density at radius 1 is 1.24 bits per heavy atom. The number of halogens is 1. The maximum absolute atomic E-state index is 11.9. The van der Waals surface area contributed by atoms with Gasteiger partial charge in [-0.3, -0.25) is 9.00 Å². The van der Waals surface area contributed by atoms with Crippen LogP contribution in [0.3, 0.4) is 0 Å². The normalized spacial score (nSPS) is 12.3. The number of unbranched alkanes of at least 4 members (excludes halogenated alkanes) is 2. The summed E-state index contributed by atoms with van der Waals surface area (Å²) in [6, 6.07) is 7.09. The fourth-order valence-corrected chi connectivity index (χ4v) is 3.02. The monoisotopic (exact) mass is 274 g/mol. The highest BCUT2D eigenvalue weighted by Gasteiger charge is 2.07. The number of carbonyl (C=O) groups is 1. The van der Waals surface area contributed by atoms with Crippen molar-refractivity contribution >= 4 is 28.4 Å². The largest absolute Gasteiger partial charge is 0.481 e. The summed E-state index contributed by atoms with van der Waals surface area (Å²) in [5.41, 5.74) is 0. The number of hydrogen-bond acceptors (Lipinski definition) is 2. The van der Waals surface area contributed by atoms with Gasteiger partial charge < -0.3 is 5.11 Å². The molecular weight excluding hydrogens is 260 g/mol.